The summed E-state index contributed by atoms with van der Waals surface area (Å²) in [5.74, 6) is 0. The summed E-state index contributed by atoms with van der Waals surface area (Å²) in [5.41, 5.74) is 1.77. The SMILES string of the molecule is Cc1cc(Cl)ccc1NC(=O)N1CC[N]CC1. The van der Waals surface area contributed by atoms with Crippen molar-refractivity contribution in [1.82, 2.24) is 10.2 Å². The zero-order valence-electron chi connectivity index (χ0n) is 9.74. The fraction of sp³-hybridized carbons (Fsp3) is 0.417. The zero-order chi connectivity index (χ0) is 12.3. The van der Waals surface area contributed by atoms with E-state index in [1.54, 1.807) is 11.0 Å². The van der Waals surface area contributed by atoms with Crippen LogP contribution in [0.15, 0.2) is 18.2 Å². The summed E-state index contributed by atoms with van der Waals surface area (Å²) in [5, 5.41) is 7.78. The predicted molar refractivity (Wildman–Crippen MR) is 68.6 cm³/mol. The third-order valence-electron chi connectivity index (χ3n) is 2.77. The third kappa shape index (κ3) is 3.11. The van der Waals surface area contributed by atoms with Gasteiger partial charge in [-0.25, -0.2) is 10.1 Å². The van der Waals surface area contributed by atoms with E-state index >= 15 is 0 Å². The molecule has 0 atom stereocenters. The number of hydrogen-bond acceptors (Lipinski definition) is 1. The summed E-state index contributed by atoms with van der Waals surface area (Å²) in [4.78, 5) is 13.7. The second-order valence-corrected chi connectivity index (χ2v) is 4.48. The highest BCUT2D eigenvalue weighted by molar-refractivity contribution is 6.30. The molecular weight excluding hydrogens is 238 g/mol. The zero-order valence-corrected chi connectivity index (χ0v) is 10.5. The first-order valence-electron chi connectivity index (χ1n) is 5.62. The Morgan fingerprint density at radius 3 is 2.76 bits per heavy atom. The van der Waals surface area contributed by atoms with Crippen molar-refractivity contribution in [1.29, 1.82) is 0 Å². The van der Waals surface area contributed by atoms with Gasteiger partial charge in [-0.15, -0.1) is 0 Å². The number of carbonyl (C=O) groups is 1. The molecule has 4 nitrogen and oxygen atoms in total. The summed E-state index contributed by atoms with van der Waals surface area (Å²) in [6.45, 7) is 4.77. The smallest absolute Gasteiger partial charge is 0.321 e. The highest BCUT2D eigenvalue weighted by atomic mass is 35.5. The van der Waals surface area contributed by atoms with E-state index in [1.165, 1.54) is 0 Å². The molecule has 0 aliphatic carbocycles. The fourth-order valence-electron chi connectivity index (χ4n) is 1.77. The molecule has 0 aromatic heterocycles. The van der Waals surface area contributed by atoms with Crippen LogP contribution in [-0.2, 0) is 0 Å². The number of urea groups is 1. The van der Waals surface area contributed by atoms with Gasteiger partial charge in [-0.3, -0.25) is 0 Å². The van der Waals surface area contributed by atoms with Gasteiger partial charge in [-0.2, -0.15) is 0 Å². The molecule has 91 valence electrons. The lowest BCUT2D eigenvalue weighted by Crippen LogP contribution is -2.45. The van der Waals surface area contributed by atoms with Gasteiger partial charge in [0.1, 0.15) is 0 Å². The van der Waals surface area contributed by atoms with Gasteiger partial charge in [-0.05, 0) is 30.7 Å². The van der Waals surface area contributed by atoms with Gasteiger partial charge in [0.15, 0.2) is 0 Å². The van der Waals surface area contributed by atoms with E-state index in [0.29, 0.717) is 18.1 Å². The van der Waals surface area contributed by atoms with Crippen LogP contribution in [0.1, 0.15) is 5.56 Å². The van der Waals surface area contributed by atoms with E-state index < -0.39 is 0 Å². The minimum atomic E-state index is -0.0645. The van der Waals surface area contributed by atoms with Gasteiger partial charge in [0.25, 0.3) is 0 Å². The monoisotopic (exact) mass is 252 g/mol. The highest BCUT2D eigenvalue weighted by Gasteiger charge is 2.17. The van der Waals surface area contributed by atoms with Crippen molar-refractivity contribution in [3.8, 4) is 0 Å². The van der Waals surface area contributed by atoms with Crippen LogP contribution in [0.2, 0.25) is 5.02 Å². The molecule has 2 amide bonds. The van der Waals surface area contributed by atoms with Gasteiger partial charge >= 0.3 is 6.03 Å². The molecule has 2 rings (SSSR count). The fourth-order valence-corrected chi connectivity index (χ4v) is 2.00. The number of benzene rings is 1. The molecule has 0 bridgehead atoms. The number of halogens is 1. The van der Waals surface area contributed by atoms with Crippen molar-refractivity contribution in [2.24, 2.45) is 0 Å². The van der Waals surface area contributed by atoms with E-state index in [4.69, 9.17) is 11.6 Å². The Morgan fingerprint density at radius 1 is 1.41 bits per heavy atom. The summed E-state index contributed by atoms with van der Waals surface area (Å²) in [7, 11) is 0. The first-order chi connectivity index (χ1) is 8.16. The molecule has 17 heavy (non-hydrogen) atoms. The normalized spacial score (nSPS) is 15.8. The third-order valence-corrected chi connectivity index (χ3v) is 3.01. The molecular formula is C12H15ClN3O. The number of anilines is 1. The number of rotatable bonds is 1. The molecule has 1 aromatic carbocycles. The van der Waals surface area contributed by atoms with Crippen molar-refractivity contribution >= 4 is 23.3 Å². The quantitative estimate of drug-likeness (QED) is 0.818. The first kappa shape index (κ1) is 12.2. The standard InChI is InChI=1S/C12H15ClN3O/c1-9-8-10(13)2-3-11(9)15-12(17)16-6-4-14-5-7-16/h2-3,8H,4-7H2,1H3,(H,15,17). The molecule has 1 N–H and O–H groups in total. The van der Waals surface area contributed by atoms with Crippen LogP contribution in [0.4, 0.5) is 10.5 Å². The molecule has 0 unspecified atom stereocenters. The van der Waals surface area contributed by atoms with Crippen LogP contribution in [0.3, 0.4) is 0 Å². The molecule has 0 saturated carbocycles. The molecule has 1 aromatic rings. The van der Waals surface area contributed by atoms with Crippen molar-refractivity contribution < 1.29 is 4.79 Å². The van der Waals surface area contributed by atoms with Gasteiger partial charge in [0.05, 0.1) is 0 Å². The van der Waals surface area contributed by atoms with E-state index in [2.05, 4.69) is 10.6 Å². The van der Waals surface area contributed by atoms with Crippen molar-refractivity contribution in [2.45, 2.75) is 6.92 Å². The lowest BCUT2D eigenvalue weighted by molar-refractivity contribution is 0.203. The van der Waals surface area contributed by atoms with Crippen LogP contribution < -0.4 is 10.6 Å². The molecule has 1 aliphatic heterocycles. The van der Waals surface area contributed by atoms with Crippen LogP contribution in [-0.4, -0.2) is 37.1 Å². The summed E-state index contributed by atoms with van der Waals surface area (Å²) < 4.78 is 0. The molecule has 0 spiro atoms. The number of carbonyl (C=O) groups excluding carboxylic acids is 1. The number of piperazine rings is 1. The Balaban J connectivity index is 2.02. The van der Waals surface area contributed by atoms with Crippen LogP contribution in [0, 0.1) is 6.92 Å². The Bertz CT molecular complexity index is 416. The predicted octanol–water partition coefficient (Wildman–Crippen LogP) is 2.10. The lowest BCUT2D eigenvalue weighted by atomic mass is 10.2. The minimum Gasteiger partial charge on any atom is -0.322 e. The van der Waals surface area contributed by atoms with Gasteiger partial charge in [-0.1, -0.05) is 11.6 Å². The topological polar surface area (TPSA) is 46.4 Å². The Kier molecular flexibility index (Phi) is 3.86. The Morgan fingerprint density at radius 2 is 2.12 bits per heavy atom. The number of nitrogens with one attached hydrogen (secondary N) is 1. The van der Waals surface area contributed by atoms with Crippen molar-refractivity contribution in [3.63, 3.8) is 0 Å². The van der Waals surface area contributed by atoms with Crippen molar-refractivity contribution in [3.05, 3.63) is 28.8 Å². The second kappa shape index (κ2) is 5.38. The first-order valence-corrected chi connectivity index (χ1v) is 6.00. The molecule has 1 aliphatic rings. The maximum absolute atomic E-state index is 11.9. The van der Waals surface area contributed by atoms with Crippen LogP contribution in [0.25, 0.3) is 0 Å². The number of hydrogen-bond donors (Lipinski definition) is 1. The largest absolute Gasteiger partial charge is 0.322 e. The number of amides is 2. The van der Waals surface area contributed by atoms with Gasteiger partial charge < -0.3 is 10.2 Å². The molecule has 5 heteroatoms. The molecule has 1 saturated heterocycles. The van der Waals surface area contributed by atoms with E-state index in [9.17, 15) is 4.79 Å². The van der Waals surface area contributed by atoms with Crippen molar-refractivity contribution in [2.75, 3.05) is 31.5 Å². The number of aryl methyl sites for hydroxylation is 1. The highest BCUT2D eigenvalue weighted by Crippen LogP contribution is 2.19. The van der Waals surface area contributed by atoms with E-state index in [1.807, 2.05) is 19.1 Å². The molecule has 1 heterocycles. The maximum Gasteiger partial charge on any atom is 0.321 e. The lowest BCUT2D eigenvalue weighted by Gasteiger charge is -2.26. The molecule has 1 radical (unpaired) electrons. The Labute approximate surface area is 106 Å². The molecule has 1 fully saturated rings. The van der Waals surface area contributed by atoms with Gasteiger partial charge in [0.2, 0.25) is 0 Å². The average Bonchev–Trinajstić information content (AvgIpc) is 2.34. The van der Waals surface area contributed by atoms with E-state index in [-0.39, 0.29) is 6.03 Å². The van der Waals surface area contributed by atoms with Crippen LogP contribution >= 0.6 is 11.6 Å². The van der Waals surface area contributed by atoms with Crippen LogP contribution in [0.5, 0.6) is 0 Å². The minimum absolute atomic E-state index is 0.0645. The summed E-state index contributed by atoms with van der Waals surface area (Å²) >= 11 is 5.87. The Hall–Kier alpha value is -1.26. The average molecular weight is 253 g/mol. The number of nitrogens with zero attached hydrogens (tertiary/aromatic N) is 2. The van der Waals surface area contributed by atoms with E-state index in [0.717, 1.165) is 24.3 Å². The second-order valence-electron chi connectivity index (χ2n) is 4.05. The van der Waals surface area contributed by atoms with Gasteiger partial charge in [0, 0.05) is 36.9 Å². The summed E-state index contributed by atoms with van der Waals surface area (Å²) in [6, 6.07) is 5.37. The summed E-state index contributed by atoms with van der Waals surface area (Å²) in [6.07, 6.45) is 0. The maximum atomic E-state index is 11.9.